The lowest BCUT2D eigenvalue weighted by molar-refractivity contribution is -0.145. The van der Waals surface area contributed by atoms with Gasteiger partial charge in [-0.2, -0.15) is 0 Å². The van der Waals surface area contributed by atoms with E-state index >= 15 is 0 Å². The largest absolute Gasteiger partial charge is 0.457 e. The summed E-state index contributed by atoms with van der Waals surface area (Å²) in [6.45, 7) is 9.54. The first kappa shape index (κ1) is 21.2. The molecular formula is C25H32O5. The number of rotatable bonds is 3. The van der Waals surface area contributed by atoms with Crippen molar-refractivity contribution in [3.8, 4) is 0 Å². The summed E-state index contributed by atoms with van der Waals surface area (Å²) in [5.41, 5.74) is 1.28. The van der Waals surface area contributed by atoms with Crippen LogP contribution in [0.1, 0.15) is 60.3 Å². The zero-order chi connectivity index (χ0) is 21.9. The molecule has 5 aliphatic rings. The second-order valence-corrected chi connectivity index (χ2v) is 9.44. The van der Waals surface area contributed by atoms with Crippen LogP contribution in [0.5, 0.6) is 0 Å². The van der Waals surface area contributed by atoms with Crippen LogP contribution >= 0.6 is 0 Å². The SMILES string of the molecule is CC.CC(=O)OCC(=O)C1=CCC2C3CCC4=CC(=O)C=CC4(C)C34OC4CC12C. The monoisotopic (exact) mass is 412 g/mol. The molecule has 0 N–H and O–H groups in total. The first-order valence-electron chi connectivity index (χ1n) is 11.2. The van der Waals surface area contributed by atoms with Gasteiger partial charge in [-0.05, 0) is 56.6 Å². The molecule has 2 saturated carbocycles. The standard InChI is InChI=1S/C23H26O5.C2H6/c1-13(24)27-12-19(26)18-7-6-16-17-5-4-14-10-15(25)8-9-22(14,3)23(17)20(28-23)11-21(16,18)2;1-2/h7-10,16-17,20H,4-6,11-12H2,1-3H3;1-2H3. The Kier molecular flexibility index (Phi) is 4.96. The number of ketones is 2. The van der Waals surface area contributed by atoms with Crippen molar-refractivity contribution < 1.29 is 23.9 Å². The quantitative estimate of drug-likeness (QED) is 0.515. The van der Waals surface area contributed by atoms with E-state index in [2.05, 4.69) is 26.0 Å². The highest BCUT2D eigenvalue weighted by Gasteiger charge is 2.78. The Morgan fingerprint density at radius 3 is 2.67 bits per heavy atom. The molecule has 4 aliphatic carbocycles. The van der Waals surface area contributed by atoms with Gasteiger partial charge in [0.15, 0.2) is 18.2 Å². The van der Waals surface area contributed by atoms with Crippen LogP contribution in [0.2, 0.25) is 0 Å². The van der Waals surface area contributed by atoms with Crippen molar-refractivity contribution in [2.24, 2.45) is 22.7 Å². The van der Waals surface area contributed by atoms with Crippen molar-refractivity contribution >= 4 is 17.5 Å². The summed E-state index contributed by atoms with van der Waals surface area (Å²) in [5, 5.41) is 0. The number of allylic oxidation sites excluding steroid dienone is 3. The van der Waals surface area contributed by atoms with Gasteiger partial charge < -0.3 is 9.47 Å². The molecule has 1 saturated heterocycles. The minimum absolute atomic E-state index is 0.0704. The second-order valence-electron chi connectivity index (χ2n) is 9.44. The molecule has 0 radical (unpaired) electrons. The average Bonchev–Trinajstić information content (AvgIpc) is 3.33. The highest BCUT2D eigenvalue weighted by Crippen LogP contribution is 2.74. The van der Waals surface area contributed by atoms with Crippen molar-refractivity contribution in [3.05, 3.63) is 35.5 Å². The predicted octanol–water partition coefficient (Wildman–Crippen LogP) is 4.12. The molecule has 0 aromatic heterocycles. The van der Waals surface area contributed by atoms with Gasteiger partial charge in [-0.15, -0.1) is 0 Å². The van der Waals surface area contributed by atoms with E-state index in [0.29, 0.717) is 11.8 Å². The normalized spacial score (nSPS) is 42.3. The van der Waals surface area contributed by atoms with Gasteiger partial charge in [0, 0.05) is 23.3 Å². The van der Waals surface area contributed by atoms with E-state index in [1.54, 1.807) is 12.2 Å². The first-order chi connectivity index (χ1) is 14.2. The Hall–Kier alpha value is -2.01. The number of esters is 1. The molecular weight excluding hydrogens is 380 g/mol. The number of epoxide rings is 1. The third kappa shape index (κ3) is 2.67. The van der Waals surface area contributed by atoms with Crippen LogP contribution in [0.3, 0.4) is 0 Å². The summed E-state index contributed by atoms with van der Waals surface area (Å²) in [4.78, 5) is 35.8. The number of fused-ring (bicyclic) bond motifs is 3. The van der Waals surface area contributed by atoms with Crippen LogP contribution in [0.4, 0.5) is 0 Å². The highest BCUT2D eigenvalue weighted by atomic mass is 16.6. The molecule has 30 heavy (non-hydrogen) atoms. The lowest BCUT2D eigenvalue weighted by Gasteiger charge is -2.54. The van der Waals surface area contributed by atoms with E-state index in [-0.39, 0.29) is 40.7 Å². The Morgan fingerprint density at radius 2 is 1.97 bits per heavy atom. The lowest BCUT2D eigenvalue weighted by Crippen LogP contribution is -2.56. The molecule has 0 aromatic carbocycles. The zero-order valence-electron chi connectivity index (χ0n) is 18.6. The van der Waals surface area contributed by atoms with Gasteiger partial charge in [-0.25, -0.2) is 0 Å². The molecule has 3 fully saturated rings. The summed E-state index contributed by atoms with van der Waals surface area (Å²) in [6.07, 6.45) is 11.3. The van der Waals surface area contributed by atoms with Gasteiger partial charge in [-0.3, -0.25) is 14.4 Å². The molecule has 0 aromatic rings. The number of hydrogen-bond acceptors (Lipinski definition) is 5. The predicted molar refractivity (Wildman–Crippen MR) is 113 cm³/mol. The van der Waals surface area contributed by atoms with Gasteiger partial charge >= 0.3 is 5.97 Å². The lowest BCUT2D eigenvalue weighted by atomic mass is 9.47. The maximum absolute atomic E-state index is 12.8. The Morgan fingerprint density at radius 1 is 1.23 bits per heavy atom. The molecule has 5 heteroatoms. The van der Waals surface area contributed by atoms with Crippen LogP contribution in [0.15, 0.2) is 35.5 Å². The van der Waals surface area contributed by atoms with E-state index in [1.165, 1.54) is 12.5 Å². The summed E-state index contributed by atoms with van der Waals surface area (Å²) in [7, 11) is 0. The van der Waals surface area contributed by atoms with Gasteiger partial charge in [-0.1, -0.05) is 38.5 Å². The number of hydrogen-bond donors (Lipinski definition) is 0. The Balaban J connectivity index is 0.00000106. The minimum Gasteiger partial charge on any atom is -0.457 e. The van der Waals surface area contributed by atoms with Crippen molar-refractivity contribution in [1.82, 2.24) is 0 Å². The Bertz CT molecular complexity index is 895. The molecule has 1 heterocycles. The van der Waals surface area contributed by atoms with E-state index in [4.69, 9.17) is 9.47 Å². The van der Waals surface area contributed by atoms with Crippen LogP contribution in [0, 0.1) is 22.7 Å². The molecule has 5 nitrogen and oxygen atoms in total. The molecule has 162 valence electrons. The van der Waals surface area contributed by atoms with E-state index in [9.17, 15) is 14.4 Å². The summed E-state index contributed by atoms with van der Waals surface area (Å²) < 4.78 is 11.4. The fourth-order valence-corrected chi connectivity index (χ4v) is 6.90. The van der Waals surface area contributed by atoms with E-state index in [1.807, 2.05) is 13.8 Å². The fraction of sp³-hybridized carbons (Fsp3) is 0.640. The summed E-state index contributed by atoms with van der Waals surface area (Å²) >= 11 is 0. The van der Waals surface area contributed by atoms with E-state index < -0.39 is 5.97 Å². The van der Waals surface area contributed by atoms with Crippen LogP contribution in [-0.2, 0) is 23.9 Å². The maximum Gasteiger partial charge on any atom is 0.303 e. The zero-order valence-corrected chi connectivity index (χ0v) is 18.6. The van der Waals surface area contributed by atoms with Crippen LogP contribution in [-0.4, -0.2) is 35.8 Å². The first-order valence-corrected chi connectivity index (χ1v) is 11.2. The number of carbonyl (C=O) groups is 3. The third-order valence-corrected chi connectivity index (χ3v) is 8.22. The van der Waals surface area contributed by atoms with Crippen LogP contribution in [0.25, 0.3) is 0 Å². The van der Waals surface area contributed by atoms with Crippen molar-refractivity contribution in [2.45, 2.75) is 72.0 Å². The smallest absolute Gasteiger partial charge is 0.303 e. The van der Waals surface area contributed by atoms with Gasteiger partial charge in [0.25, 0.3) is 0 Å². The maximum atomic E-state index is 12.8. The van der Waals surface area contributed by atoms with Gasteiger partial charge in [0.1, 0.15) is 5.60 Å². The highest BCUT2D eigenvalue weighted by molar-refractivity contribution is 6.01. The third-order valence-electron chi connectivity index (χ3n) is 8.22. The second kappa shape index (κ2) is 7.01. The molecule has 0 amide bonds. The summed E-state index contributed by atoms with van der Waals surface area (Å²) in [6, 6.07) is 0. The fourth-order valence-electron chi connectivity index (χ4n) is 6.90. The van der Waals surface area contributed by atoms with Gasteiger partial charge in [0.2, 0.25) is 0 Å². The van der Waals surface area contributed by atoms with Crippen molar-refractivity contribution in [2.75, 3.05) is 6.61 Å². The number of carbonyl (C=O) groups excluding carboxylic acids is 3. The number of ether oxygens (including phenoxy) is 2. The van der Waals surface area contributed by atoms with Crippen LogP contribution < -0.4 is 0 Å². The molecule has 0 bridgehead atoms. The average molecular weight is 413 g/mol. The summed E-state index contributed by atoms with van der Waals surface area (Å²) in [5.74, 6) is 0.249. The molecule has 1 aliphatic heterocycles. The molecule has 6 atom stereocenters. The number of Topliss-reactive ketones (excluding diaryl/α,β-unsaturated/α-hetero) is 1. The van der Waals surface area contributed by atoms with E-state index in [0.717, 1.165) is 31.3 Å². The van der Waals surface area contributed by atoms with Crippen molar-refractivity contribution in [1.29, 1.82) is 0 Å². The van der Waals surface area contributed by atoms with Crippen molar-refractivity contribution in [3.63, 3.8) is 0 Å². The topological polar surface area (TPSA) is 73.0 Å². The Labute approximate surface area is 178 Å². The van der Waals surface area contributed by atoms with Gasteiger partial charge in [0.05, 0.1) is 6.10 Å². The molecule has 6 unspecified atom stereocenters. The molecule has 5 rings (SSSR count). The molecule has 1 spiro atoms. The minimum atomic E-state index is -0.431.